The molecule has 22 heavy (non-hydrogen) atoms. The van der Waals surface area contributed by atoms with Crippen LogP contribution in [-0.2, 0) is 10.0 Å². The third-order valence-corrected chi connectivity index (χ3v) is 5.99. The standard InChI is InChI=1S/C15H16ClNO4S/c1-10-3-2-6-17(9-10)22(19,20)14-8-11-7-12(16)4-5-13(11)21-15(14)18/h4-5,7-8,10H,2-3,6,9H2,1H3/t10-/m0/s1. The topological polar surface area (TPSA) is 67.6 Å². The Balaban J connectivity index is 2.12. The van der Waals surface area contributed by atoms with Crippen molar-refractivity contribution in [1.29, 1.82) is 0 Å². The highest BCUT2D eigenvalue weighted by molar-refractivity contribution is 7.89. The minimum absolute atomic E-state index is 0.283. The molecule has 0 saturated carbocycles. The van der Waals surface area contributed by atoms with E-state index in [9.17, 15) is 13.2 Å². The molecule has 3 rings (SSSR count). The third-order valence-electron chi connectivity index (χ3n) is 3.90. The number of piperidine rings is 1. The van der Waals surface area contributed by atoms with Crippen LogP contribution in [0.15, 0.2) is 38.4 Å². The summed E-state index contributed by atoms with van der Waals surface area (Å²) in [5, 5.41) is 0.951. The van der Waals surface area contributed by atoms with Gasteiger partial charge in [0.2, 0.25) is 10.0 Å². The monoisotopic (exact) mass is 341 g/mol. The van der Waals surface area contributed by atoms with Gasteiger partial charge in [-0.3, -0.25) is 0 Å². The fourth-order valence-corrected chi connectivity index (χ4v) is 4.57. The van der Waals surface area contributed by atoms with Crippen LogP contribution < -0.4 is 5.63 Å². The third kappa shape index (κ3) is 2.78. The van der Waals surface area contributed by atoms with Crippen molar-refractivity contribution >= 4 is 32.6 Å². The summed E-state index contributed by atoms with van der Waals surface area (Å²) in [5.74, 6) is 0.283. The van der Waals surface area contributed by atoms with E-state index in [4.69, 9.17) is 16.0 Å². The van der Waals surface area contributed by atoms with Crippen molar-refractivity contribution in [2.45, 2.75) is 24.7 Å². The van der Waals surface area contributed by atoms with Crippen molar-refractivity contribution in [3.8, 4) is 0 Å². The molecule has 118 valence electrons. The number of rotatable bonds is 2. The summed E-state index contributed by atoms with van der Waals surface area (Å²) in [6, 6.07) is 6.07. The highest BCUT2D eigenvalue weighted by atomic mass is 35.5. The molecule has 2 heterocycles. The molecule has 0 N–H and O–H groups in total. The van der Waals surface area contributed by atoms with Crippen LogP contribution in [0.1, 0.15) is 19.8 Å². The van der Waals surface area contributed by atoms with Gasteiger partial charge in [0.15, 0.2) is 4.90 Å². The largest absolute Gasteiger partial charge is 0.422 e. The minimum atomic E-state index is -3.85. The van der Waals surface area contributed by atoms with Crippen LogP contribution >= 0.6 is 11.6 Å². The van der Waals surface area contributed by atoms with Gasteiger partial charge in [-0.05, 0) is 43.0 Å². The second-order valence-corrected chi connectivity index (χ2v) is 8.03. The lowest BCUT2D eigenvalue weighted by Gasteiger charge is -2.29. The summed E-state index contributed by atoms with van der Waals surface area (Å²) in [5.41, 5.74) is -0.520. The van der Waals surface area contributed by atoms with Crippen molar-refractivity contribution in [1.82, 2.24) is 4.31 Å². The SMILES string of the molecule is C[C@H]1CCCN(S(=O)(=O)c2cc3cc(Cl)ccc3oc2=O)C1. The Hall–Kier alpha value is -1.37. The predicted molar refractivity (Wildman–Crippen MR) is 84.7 cm³/mol. The van der Waals surface area contributed by atoms with Crippen LogP contribution in [-0.4, -0.2) is 25.8 Å². The first-order chi connectivity index (χ1) is 10.4. The summed E-state index contributed by atoms with van der Waals surface area (Å²) in [4.78, 5) is 11.8. The van der Waals surface area contributed by atoms with Crippen LogP contribution in [0.5, 0.6) is 0 Å². The van der Waals surface area contributed by atoms with Crippen molar-refractivity contribution in [3.05, 3.63) is 39.7 Å². The molecule has 0 aliphatic carbocycles. The van der Waals surface area contributed by atoms with Crippen molar-refractivity contribution in [2.75, 3.05) is 13.1 Å². The average Bonchev–Trinajstić information content (AvgIpc) is 2.47. The maximum Gasteiger partial charge on any atom is 0.356 e. The Morgan fingerprint density at radius 3 is 2.82 bits per heavy atom. The number of fused-ring (bicyclic) bond motifs is 1. The normalized spacial score (nSPS) is 20.4. The molecule has 0 bridgehead atoms. The van der Waals surface area contributed by atoms with Gasteiger partial charge in [-0.15, -0.1) is 0 Å². The number of halogens is 1. The van der Waals surface area contributed by atoms with E-state index in [0.29, 0.717) is 29.1 Å². The summed E-state index contributed by atoms with van der Waals surface area (Å²) in [6.45, 7) is 2.86. The maximum absolute atomic E-state index is 12.7. The Kier molecular flexibility index (Phi) is 4.01. The van der Waals surface area contributed by atoms with Gasteiger partial charge in [0.25, 0.3) is 0 Å². The lowest BCUT2D eigenvalue weighted by molar-refractivity contribution is 0.280. The van der Waals surface area contributed by atoms with Crippen LogP contribution in [0, 0.1) is 5.92 Å². The molecule has 0 unspecified atom stereocenters. The van der Waals surface area contributed by atoms with E-state index in [1.165, 1.54) is 10.4 Å². The fraction of sp³-hybridized carbons (Fsp3) is 0.400. The first-order valence-electron chi connectivity index (χ1n) is 7.11. The van der Waals surface area contributed by atoms with E-state index < -0.39 is 15.6 Å². The zero-order valence-corrected chi connectivity index (χ0v) is 13.7. The van der Waals surface area contributed by atoms with Crippen LogP contribution in [0.25, 0.3) is 11.0 Å². The molecule has 1 aliphatic rings. The van der Waals surface area contributed by atoms with Gasteiger partial charge < -0.3 is 4.42 Å². The summed E-state index contributed by atoms with van der Waals surface area (Å²) >= 11 is 5.91. The zero-order valence-electron chi connectivity index (χ0n) is 12.1. The van der Waals surface area contributed by atoms with Crippen molar-refractivity contribution in [2.24, 2.45) is 5.92 Å². The molecule has 1 atom stereocenters. The first-order valence-corrected chi connectivity index (χ1v) is 8.93. The minimum Gasteiger partial charge on any atom is -0.422 e. The molecule has 0 spiro atoms. The van der Waals surface area contributed by atoms with E-state index >= 15 is 0 Å². The maximum atomic E-state index is 12.7. The van der Waals surface area contributed by atoms with E-state index in [-0.39, 0.29) is 10.8 Å². The molecular formula is C15H16ClNO4S. The number of hydrogen-bond donors (Lipinski definition) is 0. The molecule has 7 heteroatoms. The molecule has 0 amide bonds. The molecule has 1 fully saturated rings. The lowest BCUT2D eigenvalue weighted by atomic mass is 10.0. The lowest BCUT2D eigenvalue weighted by Crippen LogP contribution is -2.40. The second-order valence-electron chi connectivity index (χ2n) is 5.69. The molecular weight excluding hydrogens is 326 g/mol. The smallest absolute Gasteiger partial charge is 0.356 e. The van der Waals surface area contributed by atoms with E-state index in [1.807, 2.05) is 6.92 Å². The highest BCUT2D eigenvalue weighted by Gasteiger charge is 2.31. The van der Waals surface area contributed by atoms with Crippen molar-refractivity contribution < 1.29 is 12.8 Å². The van der Waals surface area contributed by atoms with Crippen LogP contribution in [0.3, 0.4) is 0 Å². The van der Waals surface area contributed by atoms with Crippen LogP contribution in [0.4, 0.5) is 0 Å². The summed E-state index contributed by atoms with van der Waals surface area (Å²) < 4.78 is 31.9. The van der Waals surface area contributed by atoms with Crippen LogP contribution in [0.2, 0.25) is 5.02 Å². The quantitative estimate of drug-likeness (QED) is 0.788. The number of benzene rings is 1. The van der Waals surface area contributed by atoms with E-state index in [0.717, 1.165) is 12.8 Å². The Morgan fingerprint density at radius 2 is 2.09 bits per heavy atom. The van der Waals surface area contributed by atoms with Gasteiger partial charge in [0.05, 0.1) is 0 Å². The highest BCUT2D eigenvalue weighted by Crippen LogP contribution is 2.25. The first kappa shape index (κ1) is 15.5. The Morgan fingerprint density at radius 1 is 1.32 bits per heavy atom. The zero-order chi connectivity index (χ0) is 15.9. The van der Waals surface area contributed by atoms with Gasteiger partial charge in [-0.1, -0.05) is 18.5 Å². The Bertz CT molecular complexity index is 875. The average molecular weight is 342 g/mol. The van der Waals surface area contributed by atoms with Gasteiger partial charge >= 0.3 is 5.63 Å². The molecule has 1 aromatic carbocycles. The predicted octanol–water partition coefficient (Wildman–Crippen LogP) is 2.87. The van der Waals surface area contributed by atoms with E-state index in [1.54, 1.807) is 18.2 Å². The second kappa shape index (κ2) is 5.68. The number of nitrogens with zero attached hydrogens (tertiary/aromatic N) is 1. The van der Waals surface area contributed by atoms with Gasteiger partial charge in [-0.2, -0.15) is 4.31 Å². The number of sulfonamides is 1. The fourth-order valence-electron chi connectivity index (χ4n) is 2.76. The molecule has 1 saturated heterocycles. The number of hydrogen-bond acceptors (Lipinski definition) is 4. The summed E-state index contributed by atoms with van der Waals surface area (Å²) in [6.07, 6.45) is 1.79. The molecule has 5 nitrogen and oxygen atoms in total. The molecule has 1 aliphatic heterocycles. The molecule has 2 aromatic rings. The summed E-state index contributed by atoms with van der Waals surface area (Å²) in [7, 11) is -3.85. The van der Waals surface area contributed by atoms with E-state index in [2.05, 4.69) is 0 Å². The van der Waals surface area contributed by atoms with Gasteiger partial charge in [-0.25, -0.2) is 13.2 Å². The molecule has 1 aromatic heterocycles. The van der Waals surface area contributed by atoms with Gasteiger partial charge in [0, 0.05) is 23.5 Å². The molecule has 0 radical (unpaired) electrons. The van der Waals surface area contributed by atoms with Crippen molar-refractivity contribution in [3.63, 3.8) is 0 Å². The van der Waals surface area contributed by atoms with Gasteiger partial charge in [0.1, 0.15) is 5.58 Å². The Labute approximate surface area is 133 Å².